The zero-order valence-corrected chi connectivity index (χ0v) is 14.7. The smallest absolute Gasteiger partial charge is 0.220 e. The third kappa shape index (κ3) is 4.25. The van der Waals surface area contributed by atoms with E-state index in [0.29, 0.717) is 38.6 Å². The number of carbonyl (C=O) groups excluding carboxylic acids is 1. The Balaban J connectivity index is 1.28. The van der Waals surface area contributed by atoms with Gasteiger partial charge in [0, 0.05) is 25.2 Å². The molecule has 0 saturated heterocycles. The molecular formula is C20H23N3O3. The Morgan fingerprint density at radius 2 is 2.08 bits per heavy atom. The Morgan fingerprint density at radius 3 is 2.96 bits per heavy atom. The lowest BCUT2D eigenvalue weighted by Gasteiger charge is -2.20. The number of amides is 1. The predicted octanol–water partition coefficient (Wildman–Crippen LogP) is 2.68. The van der Waals surface area contributed by atoms with E-state index in [1.165, 1.54) is 12.8 Å². The first kappa shape index (κ1) is 16.7. The van der Waals surface area contributed by atoms with Gasteiger partial charge in [0.25, 0.3) is 0 Å². The summed E-state index contributed by atoms with van der Waals surface area (Å²) in [4.78, 5) is 16.5. The molecular weight excluding hydrogens is 330 g/mol. The molecule has 1 fully saturated rings. The molecule has 6 heteroatoms. The van der Waals surface area contributed by atoms with E-state index < -0.39 is 0 Å². The first-order valence-corrected chi connectivity index (χ1v) is 9.13. The van der Waals surface area contributed by atoms with Crippen LogP contribution in [0.2, 0.25) is 0 Å². The standard InChI is InChI=1S/C20H23N3O3/c24-19(7-4-15-2-1-3-17-20(15)26-11-10-25-17)22-13-14-8-9-21-18(12-14)23-16-5-6-16/h1-3,8-9,12,16H,4-7,10-11,13H2,(H,21,23)(H,22,24). The van der Waals surface area contributed by atoms with Gasteiger partial charge in [0.1, 0.15) is 19.0 Å². The van der Waals surface area contributed by atoms with Crippen molar-refractivity contribution in [1.29, 1.82) is 0 Å². The van der Waals surface area contributed by atoms with E-state index in [0.717, 1.165) is 28.4 Å². The number of benzene rings is 1. The maximum Gasteiger partial charge on any atom is 0.220 e. The van der Waals surface area contributed by atoms with Crippen molar-refractivity contribution in [2.45, 2.75) is 38.3 Å². The van der Waals surface area contributed by atoms with Crippen molar-refractivity contribution in [3.05, 3.63) is 47.7 Å². The van der Waals surface area contributed by atoms with Gasteiger partial charge in [-0.25, -0.2) is 4.98 Å². The monoisotopic (exact) mass is 353 g/mol. The summed E-state index contributed by atoms with van der Waals surface area (Å²) < 4.78 is 11.3. The maximum atomic E-state index is 12.2. The van der Waals surface area contributed by atoms with E-state index in [9.17, 15) is 4.79 Å². The highest BCUT2D eigenvalue weighted by Crippen LogP contribution is 2.34. The van der Waals surface area contributed by atoms with E-state index in [2.05, 4.69) is 15.6 Å². The SMILES string of the molecule is O=C(CCc1cccc2c1OCCO2)NCc1ccnc(NC2CC2)c1. The Bertz CT molecular complexity index is 790. The molecule has 0 atom stereocenters. The quantitative estimate of drug-likeness (QED) is 0.801. The van der Waals surface area contributed by atoms with E-state index in [-0.39, 0.29) is 5.91 Å². The van der Waals surface area contributed by atoms with Crippen LogP contribution in [-0.2, 0) is 17.8 Å². The number of nitrogens with zero attached hydrogens (tertiary/aromatic N) is 1. The van der Waals surface area contributed by atoms with Crippen LogP contribution in [0.5, 0.6) is 11.5 Å². The zero-order valence-electron chi connectivity index (χ0n) is 14.7. The van der Waals surface area contributed by atoms with Crippen LogP contribution in [0.1, 0.15) is 30.4 Å². The van der Waals surface area contributed by atoms with Gasteiger partial charge in [0.05, 0.1) is 0 Å². The predicted molar refractivity (Wildman–Crippen MR) is 98.5 cm³/mol. The lowest BCUT2D eigenvalue weighted by atomic mass is 10.1. The van der Waals surface area contributed by atoms with Gasteiger partial charge in [-0.3, -0.25) is 4.79 Å². The molecule has 1 saturated carbocycles. The molecule has 0 unspecified atom stereocenters. The number of aryl methyl sites for hydroxylation is 1. The number of anilines is 1. The third-order valence-corrected chi connectivity index (χ3v) is 4.51. The molecule has 4 rings (SSSR count). The van der Waals surface area contributed by atoms with Crippen molar-refractivity contribution in [2.24, 2.45) is 0 Å². The zero-order chi connectivity index (χ0) is 17.8. The van der Waals surface area contributed by atoms with Crippen LogP contribution in [0.4, 0.5) is 5.82 Å². The van der Waals surface area contributed by atoms with Gasteiger partial charge in [-0.2, -0.15) is 0 Å². The highest BCUT2D eigenvalue weighted by Gasteiger charge is 2.21. The molecule has 1 aliphatic carbocycles. The number of ether oxygens (including phenoxy) is 2. The average Bonchev–Trinajstić information content (AvgIpc) is 3.49. The van der Waals surface area contributed by atoms with E-state index >= 15 is 0 Å². The second kappa shape index (κ2) is 7.64. The van der Waals surface area contributed by atoms with Gasteiger partial charge in [-0.05, 0) is 48.6 Å². The van der Waals surface area contributed by atoms with Crippen molar-refractivity contribution in [1.82, 2.24) is 10.3 Å². The molecule has 0 spiro atoms. The third-order valence-electron chi connectivity index (χ3n) is 4.51. The van der Waals surface area contributed by atoms with Crippen LogP contribution in [0.3, 0.4) is 0 Å². The lowest BCUT2D eigenvalue weighted by molar-refractivity contribution is -0.121. The summed E-state index contributed by atoms with van der Waals surface area (Å²) >= 11 is 0. The number of rotatable bonds is 7. The molecule has 2 heterocycles. The highest BCUT2D eigenvalue weighted by molar-refractivity contribution is 5.76. The van der Waals surface area contributed by atoms with Crippen molar-refractivity contribution >= 4 is 11.7 Å². The fraction of sp³-hybridized carbons (Fsp3) is 0.400. The summed E-state index contributed by atoms with van der Waals surface area (Å²) in [6.45, 7) is 1.63. The average molecular weight is 353 g/mol. The Hall–Kier alpha value is -2.76. The molecule has 136 valence electrons. The fourth-order valence-corrected chi connectivity index (χ4v) is 2.97. The van der Waals surface area contributed by atoms with Crippen molar-refractivity contribution < 1.29 is 14.3 Å². The van der Waals surface area contributed by atoms with Gasteiger partial charge in [-0.1, -0.05) is 12.1 Å². The molecule has 2 aromatic rings. The number of pyridine rings is 1. The first-order valence-electron chi connectivity index (χ1n) is 9.13. The van der Waals surface area contributed by atoms with Crippen molar-refractivity contribution in [3.63, 3.8) is 0 Å². The molecule has 0 radical (unpaired) electrons. The van der Waals surface area contributed by atoms with Crippen LogP contribution in [0.15, 0.2) is 36.5 Å². The molecule has 2 aliphatic rings. The molecule has 0 bridgehead atoms. The summed E-state index contributed by atoms with van der Waals surface area (Å²) in [6, 6.07) is 10.3. The summed E-state index contributed by atoms with van der Waals surface area (Å²) in [5.41, 5.74) is 2.06. The lowest BCUT2D eigenvalue weighted by Crippen LogP contribution is -2.23. The molecule has 1 aromatic heterocycles. The minimum atomic E-state index is 0.0212. The Kier molecular flexibility index (Phi) is 4.91. The number of fused-ring (bicyclic) bond motifs is 1. The Labute approximate surface area is 152 Å². The number of hydrogen-bond acceptors (Lipinski definition) is 5. The van der Waals surface area contributed by atoms with Crippen LogP contribution in [0, 0.1) is 0 Å². The fourth-order valence-electron chi connectivity index (χ4n) is 2.97. The minimum absolute atomic E-state index is 0.0212. The Morgan fingerprint density at radius 1 is 1.19 bits per heavy atom. The molecule has 2 N–H and O–H groups in total. The number of aromatic nitrogens is 1. The van der Waals surface area contributed by atoms with Crippen molar-refractivity contribution in [2.75, 3.05) is 18.5 Å². The molecule has 1 amide bonds. The van der Waals surface area contributed by atoms with E-state index in [1.807, 2.05) is 30.3 Å². The maximum absolute atomic E-state index is 12.2. The minimum Gasteiger partial charge on any atom is -0.486 e. The normalized spacial score (nSPS) is 15.4. The number of hydrogen-bond donors (Lipinski definition) is 2. The van der Waals surface area contributed by atoms with Crippen LogP contribution < -0.4 is 20.1 Å². The molecule has 26 heavy (non-hydrogen) atoms. The van der Waals surface area contributed by atoms with E-state index in [1.54, 1.807) is 6.20 Å². The topological polar surface area (TPSA) is 72.5 Å². The van der Waals surface area contributed by atoms with Crippen LogP contribution in [-0.4, -0.2) is 30.1 Å². The highest BCUT2D eigenvalue weighted by atomic mass is 16.6. The molecule has 6 nitrogen and oxygen atoms in total. The second-order valence-electron chi connectivity index (χ2n) is 6.69. The number of nitrogens with one attached hydrogen (secondary N) is 2. The summed E-state index contributed by atoms with van der Waals surface area (Å²) in [5, 5.41) is 6.35. The van der Waals surface area contributed by atoms with Gasteiger partial charge in [0.15, 0.2) is 11.5 Å². The molecule has 1 aliphatic heterocycles. The number of carbonyl (C=O) groups is 1. The van der Waals surface area contributed by atoms with Gasteiger partial charge < -0.3 is 20.1 Å². The number of para-hydroxylation sites is 1. The summed E-state index contributed by atoms with van der Waals surface area (Å²) in [7, 11) is 0. The largest absolute Gasteiger partial charge is 0.486 e. The summed E-state index contributed by atoms with van der Waals surface area (Å²) in [5.74, 6) is 2.44. The van der Waals surface area contributed by atoms with Gasteiger partial charge in [0.2, 0.25) is 5.91 Å². The first-order chi connectivity index (χ1) is 12.8. The molecule has 1 aromatic carbocycles. The van der Waals surface area contributed by atoms with Gasteiger partial charge in [-0.15, -0.1) is 0 Å². The second-order valence-corrected chi connectivity index (χ2v) is 6.69. The summed E-state index contributed by atoms with van der Waals surface area (Å²) in [6.07, 6.45) is 5.24. The van der Waals surface area contributed by atoms with Crippen molar-refractivity contribution in [3.8, 4) is 11.5 Å². The van der Waals surface area contributed by atoms with Crippen LogP contribution >= 0.6 is 0 Å². The van der Waals surface area contributed by atoms with Crippen LogP contribution in [0.25, 0.3) is 0 Å². The van der Waals surface area contributed by atoms with Gasteiger partial charge >= 0.3 is 0 Å². The van der Waals surface area contributed by atoms with E-state index in [4.69, 9.17) is 9.47 Å².